The van der Waals surface area contributed by atoms with Gasteiger partial charge in [-0.3, -0.25) is 0 Å². The highest BCUT2D eigenvalue weighted by Gasteiger charge is 2.33. The molecule has 0 spiro atoms. The van der Waals surface area contributed by atoms with Crippen molar-refractivity contribution in [1.29, 1.82) is 0 Å². The molecule has 0 aliphatic heterocycles. The summed E-state index contributed by atoms with van der Waals surface area (Å²) in [4.78, 5) is -0.250. The molecule has 0 atom stereocenters. The van der Waals surface area contributed by atoms with Crippen LogP contribution >= 0.6 is 0 Å². The van der Waals surface area contributed by atoms with E-state index in [0.29, 0.717) is 11.3 Å². The van der Waals surface area contributed by atoms with Gasteiger partial charge in [-0.15, -0.1) is 0 Å². The lowest BCUT2D eigenvalue weighted by Crippen LogP contribution is -2.40. The number of rotatable bonds is 6. The maximum Gasteiger partial charge on any atom is 0.489 e. The Bertz CT molecular complexity index is 790. The van der Waals surface area contributed by atoms with E-state index in [1.165, 1.54) is 31.4 Å². The van der Waals surface area contributed by atoms with E-state index in [4.69, 9.17) is 9.26 Å². The summed E-state index contributed by atoms with van der Waals surface area (Å²) in [5.41, 5.74) is 0.960. The summed E-state index contributed by atoms with van der Waals surface area (Å²) in [5.74, 6) is 0.0200. The fraction of sp³-hybridized carbons (Fsp3) is 0.308. The molecule has 124 valence electrons. The number of ether oxygens (including phenoxy) is 1. The lowest BCUT2D eigenvalue weighted by atomic mass is 9.80. The largest absolute Gasteiger partial charge is 0.489 e. The number of nitrogens with zero attached hydrogens (tertiary/aromatic N) is 2. The van der Waals surface area contributed by atoms with E-state index in [9.17, 15) is 18.5 Å². The van der Waals surface area contributed by atoms with Gasteiger partial charge in [0.2, 0.25) is 5.88 Å². The van der Waals surface area contributed by atoms with Crippen LogP contribution < -0.4 is 9.77 Å². The van der Waals surface area contributed by atoms with E-state index in [1.54, 1.807) is 13.8 Å². The van der Waals surface area contributed by atoms with Crippen LogP contribution in [0.4, 0.5) is 5.88 Å². The summed E-state index contributed by atoms with van der Waals surface area (Å²) in [6, 6.07) is 5.60. The number of sulfonamides is 1. The maximum atomic E-state index is 12.9. The van der Waals surface area contributed by atoms with Crippen molar-refractivity contribution in [3.8, 4) is 0 Å². The number of methoxy groups -OCH3 is 1. The zero-order chi connectivity index (χ0) is 17.2. The molecule has 0 saturated carbocycles. The first kappa shape index (κ1) is 17.5. The van der Waals surface area contributed by atoms with Gasteiger partial charge in [0.25, 0.3) is 10.0 Å². The van der Waals surface area contributed by atoms with Crippen molar-refractivity contribution in [2.75, 3.05) is 18.1 Å². The summed E-state index contributed by atoms with van der Waals surface area (Å²) in [6.45, 7) is 3.05. The molecule has 10 heteroatoms. The van der Waals surface area contributed by atoms with Gasteiger partial charge in [-0.25, -0.2) is 12.7 Å². The average Bonchev–Trinajstić information content (AvgIpc) is 2.84. The van der Waals surface area contributed by atoms with Crippen LogP contribution in [0.25, 0.3) is 0 Å². The van der Waals surface area contributed by atoms with Gasteiger partial charge in [0.05, 0.1) is 10.6 Å². The van der Waals surface area contributed by atoms with E-state index >= 15 is 0 Å². The minimum absolute atomic E-state index is 0.0200. The third-order valence-electron chi connectivity index (χ3n) is 3.37. The molecule has 0 unspecified atom stereocenters. The second-order valence-corrected chi connectivity index (χ2v) is 6.71. The molecule has 0 aliphatic rings. The molecule has 0 amide bonds. The minimum atomic E-state index is -4.15. The number of anilines is 1. The Morgan fingerprint density at radius 2 is 1.96 bits per heavy atom. The van der Waals surface area contributed by atoms with Crippen LogP contribution in [0.5, 0.6) is 0 Å². The molecule has 1 aromatic carbocycles. The van der Waals surface area contributed by atoms with Crippen LogP contribution in [0.2, 0.25) is 0 Å². The van der Waals surface area contributed by atoms with Crippen molar-refractivity contribution in [3.63, 3.8) is 0 Å². The molecule has 0 radical (unpaired) electrons. The van der Waals surface area contributed by atoms with Gasteiger partial charge < -0.3 is 19.3 Å². The third-order valence-corrected chi connectivity index (χ3v) is 5.15. The molecule has 1 aromatic heterocycles. The summed E-state index contributed by atoms with van der Waals surface area (Å²) < 4.78 is 36.9. The average molecular weight is 340 g/mol. The number of benzene rings is 1. The van der Waals surface area contributed by atoms with Crippen molar-refractivity contribution >= 4 is 28.5 Å². The summed E-state index contributed by atoms with van der Waals surface area (Å²) in [5, 5.41) is 22.6. The Labute approximate surface area is 134 Å². The first-order chi connectivity index (χ1) is 10.8. The zero-order valence-electron chi connectivity index (χ0n) is 12.9. The second-order valence-electron chi connectivity index (χ2n) is 4.88. The van der Waals surface area contributed by atoms with Crippen LogP contribution in [0.1, 0.15) is 11.3 Å². The van der Waals surface area contributed by atoms with E-state index in [-0.39, 0.29) is 23.0 Å². The molecule has 23 heavy (non-hydrogen) atoms. The van der Waals surface area contributed by atoms with Crippen LogP contribution in [-0.2, 0) is 14.8 Å². The highest BCUT2D eigenvalue weighted by atomic mass is 32.2. The molecular formula is C13H17BN2O6S. The van der Waals surface area contributed by atoms with Crippen LogP contribution in [-0.4, -0.2) is 44.6 Å². The van der Waals surface area contributed by atoms with Gasteiger partial charge in [0.15, 0.2) is 0 Å². The fourth-order valence-electron chi connectivity index (χ4n) is 2.04. The summed E-state index contributed by atoms with van der Waals surface area (Å²) >= 11 is 0. The maximum absolute atomic E-state index is 12.9. The van der Waals surface area contributed by atoms with Gasteiger partial charge in [0, 0.05) is 18.1 Å². The number of aromatic nitrogens is 1. The van der Waals surface area contributed by atoms with Crippen molar-refractivity contribution in [3.05, 3.63) is 35.5 Å². The lowest BCUT2D eigenvalue weighted by Gasteiger charge is -2.22. The van der Waals surface area contributed by atoms with Crippen LogP contribution in [0.15, 0.2) is 33.7 Å². The topological polar surface area (TPSA) is 113 Å². The molecule has 0 fully saturated rings. The Hall–Kier alpha value is -1.88. The van der Waals surface area contributed by atoms with Crippen LogP contribution in [0.3, 0.4) is 0 Å². The number of hydrogen-bond donors (Lipinski definition) is 2. The molecule has 0 bridgehead atoms. The predicted molar refractivity (Wildman–Crippen MR) is 83.8 cm³/mol. The second kappa shape index (κ2) is 6.71. The van der Waals surface area contributed by atoms with E-state index in [2.05, 4.69) is 5.16 Å². The summed E-state index contributed by atoms with van der Waals surface area (Å²) in [6.07, 6.45) is 0. The molecule has 1 heterocycles. The monoisotopic (exact) mass is 340 g/mol. The Morgan fingerprint density at radius 1 is 1.30 bits per heavy atom. The molecule has 2 rings (SSSR count). The Balaban J connectivity index is 2.61. The van der Waals surface area contributed by atoms with E-state index in [0.717, 1.165) is 4.31 Å². The van der Waals surface area contributed by atoms with Crippen molar-refractivity contribution < 1.29 is 27.7 Å². The SMILES string of the molecule is COCN(c1onc(C)c1C)S(=O)(=O)c1ccccc1B(O)O. The highest BCUT2D eigenvalue weighted by Crippen LogP contribution is 2.27. The standard InChI is InChI=1S/C13H17BN2O6S/c1-9-10(2)15-22-13(9)16(8-21-3)23(19,20)12-7-5-4-6-11(12)14(17)18/h4-7,17-18H,8H2,1-3H3. The molecule has 0 aliphatic carbocycles. The molecule has 0 saturated heterocycles. The quantitative estimate of drug-likeness (QED) is 0.552. The number of hydrogen-bond acceptors (Lipinski definition) is 7. The normalized spacial score (nSPS) is 11.5. The Morgan fingerprint density at radius 3 is 2.48 bits per heavy atom. The van der Waals surface area contributed by atoms with Gasteiger partial charge in [-0.2, -0.15) is 0 Å². The first-order valence-electron chi connectivity index (χ1n) is 6.70. The molecule has 2 N–H and O–H groups in total. The van der Waals surface area contributed by atoms with Gasteiger partial charge >= 0.3 is 7.12 Å². The highest BCUT2D eigenvalue weighted by molar-refractivity contribution is 7.93. The fourth-order valence-corrected chi connectivity index (χ4v) is 3.63. The smallest absolute Gasteiger partial charge is 0.423 e. The minimum Gasteiger partial charge on any atom is -0.423 e. The predicted octanol–water partition coefficient (Wildman–Crippen LogP) is -0.230. The Kier molecular flexibility index (Phi) is 5.10. The molecular weight excluding hydrogens is 323 g/mol. The lowest BCUT2D eigenvalue weighted by molar-refractivity contribution is 0.205. The van der Waals surface area contributed by atoms with Gasteiger partial charge in [-0.05, 0) is 19.9 Å². The third kappa shape index (κ3) is 3.25. The van der Waals surface area contributed by atoms with E-state index in [1.807, 2.05) is 0 Å². The molecule has 8 nitrogen and oxygen atoms in total. The van der Waals surface area contributed by atoms with Crippen LogP contribution in [0, 0.1) is 13.8 Å². The first-order valence-corrected chi connectivity index (χ1v) is 8.14. The summed E-state index contributed by atoms with van der Waals surface area (Å²) in [7, 11) is -4.73. The van der Waals surface area contributed by atoms with Gasteiger partial charge in [0.1, 0.15) is 6.73 Å². The van der Waals surface area contributed by atoms with Crippen molar-refractivity contribution in [2.45, 2.75) is 18.7 Å². The zero-order valence-corrected chi connectivity index (χ0v) is 13.7. The van der Waals surface area contributed by atoms with Gasteiger partial charge in [-0.1, -0.05) is 23.4 Å². The molecule has 2 aromatic rings. The number of aryl methyl sites for hydroxylation is 1. The van der Waals surface area contributed by atoms with Crippen molar-refractivity contribution in [1.82, 2.24) is 5.16 Å². The van der Waals surface area contributed by atoms with Crippen molar-refractivity contribution in [2.24, 2.45) is 0 Å². The van der Waals surface area contributed by atoms with E-state index < -0.39 is 17.1 Å².